The number of carbonyl (C=O) groups is 1. The van der Waals surface area contributed by atoms with Crippen molar-refractivity contribution in [3.63, 3.8) is 0 Å². The van der Waals surface area contributed by atoms with E-state index in [0.29, 0.717) is 13.1 Å². The summed E-state index contributed by atoms with van der Waals surface area (Å²) in [6, 6.07) is 2.17. The van der Waals surface area contributed by atoms with Crippen LogP contribution in [0.1, 0.15) is 48.5 Å². The lowest BCUT2D eigenvalue weighted by Crippen LogP contribution is -2.60. The Morgan fingerprint density at radius 1 is 1.06 bits per heavy atom. The second-order valence-electron chi connectivity index (χ2n) is 8.30. The molecule has 6 nitrogen and oxygen atoms in total. The van der Waals surface area contributed by atoms with Gasteiger partial charge >= 0.3 is 0 Å². The number of benzene rings is 1. The van der Waals surface area contributed by atoms with Crippen molar-refractivity contribution < 1.29 is 30.8 Å². The zero-order valence-corrected chi connectivity index (χ0v) is 18.2. The van der Waals surface area contributed by atoms with E-state index >= 15 is 0 Å². The Kier molecular flexibility index (Phi) is 6.69. The van der Waals surface area contributed by atoms with Crippen molar-refractivity contribution in [3.8, 4) is 0 Å². The predicted molar refractivity (Wildman–Crippen MR) is 107 cm³/mol. The van der Waals surface area contributed by atoms with Gasteiger partial charge in [0.05, 0.1) is 5.75 Å². The first-order valence-electron chi connectivity index (χ1n) is 10.3. The first kappa shape index (κ1) is 23.9. The van der Waals surface area contributed by atoms with E-state index in [9.17, 15) is 30.8 Å². The third kappa shape index (κ3) is 4.88. The molecule has 1 aromatic rings. The Bertz CT molecular complexity index is 937. The third-order valence-corrected chi connectivity index (χ3v) is 8.40. The summed E-state index contributed by atoms with van der Waals surface area (Å²) in [5.41, 5.74) is 3.45. The summed E-state index contributed by atoms with van der Waals surface area (Å²) in [5.74, 6) is -6.23. The van der Waals surface area contributed by atoms with Crippen molar-refractivity contribution in [2.75, 3.05) is 31.9 Å². The number of primary amides is 1. The molecule has 3 rings (SSSR count). The zero-order chi connectivity index (χ0) is 23.0. The molecule has 1 saturated heterocycles. The molecule has 2 N–H and O–H groups in total. The molecule has 0 radical (unpaired) electrons. The molecular formula is C20H27F4N3O3S. The van der Waals surface area contributed by atoms with Crippen LogP contribution in [-0.2, 0) is 16.4 Å². The predicted octanol–water partition coefficient (Wildman–Crippen LogP) is 2.52. The van der Waals surface area contributed by atoms with Gasteiger partial charge in [-0.05, 0) is 37.8 Å². The van der Waals surface area contributed by atoms with Crippen molar-refractivity contribution in [1.82, 2.24) is 9.21 Å². The summed E-state index contributed by atoms with van der Waals surface area (Å²) in [5, 5.41) is 0. The second kappa shape index (κ2) is 8.67. The standard InChI is InChI=1S/C20H27F4N3O3S/c1-2-31(29,30)27-11-9-26(10-12-27)19(5-7-20(23,24)8-6-19)13-14-3-4-15(21)16(17(14)22)18(25)28/h3-4H,2,5-13H2,1H3,(H2,25,28). The zero-order valence-electron chi connectivity index (χ0n) is 17.3. The van der Waals surface area contributed by atoms with Gasteiger partial charge in [-0.3, -0.25) is 9.69 Å². The highest BCUT2D eigenvalue weighted by Crippen LogP contribution is 2.44. The molecule has 0 unspecified atom stereocenters. The molecule has 1 aliphatic carbocycles. The lowest BCUT2D eigenvalue weighted by Gasteiger charge is -2.51. The van der Waals surface area contributed by atoms with E-state index in [0.717, 1.165) is 6.07 Å². The fraction of sp³-hybridized carbons (Fsp3) is 0.650. The maximum atomic E-state index is 14.9. The minimum Gasteiger partial charge on any atom is -0.365 e. The van der Waals surface area contributed by atoms with Crippen LogP contribution in [0.3, 0.4) is 0 Å². The number of hydrogen-bond acceptors (Lipinski definition) is 4. The molecule has 1 saturated carbocycles. The third-order valence-electron chi connectivity index (χ3n) is 6.52. The number of piperazine rings is 1. The molecule has 0 atom stereocenters. The van der Waals surface area contributed by atoms with E-state index < -0.39 is 44.6 Å². The average molecular weight is 466 g/mol. The molecule has 1 aliphatic heterocycles. The highest BCUT2D eigenvalue weighted by molar-refractivity contribution is 7.89. The number of amides is 1. The van der Waals surface area contributed by atoms with Crippen LogP contribution in [0, 0.1) is 11.6 Å². The van der Waals surface area contributed by atoms with Crippen LogP contribution in [0.2, 0.25) is 0 Å². The van der Waals surface area contributed by atoms with E-state index in [1.54, 1.807) is 6.92 Å². The number of carbonyl (C=O) groups excluding carboxylic acids is 1. The second-order valence-corrected chi connectivity index (χ2v) is 10.6. The van der Waals surface area contributed by atoms with Crippen LogP contribution < -0.4 is 5.73 Å². The maximum Gasteiger partial charge on any atom is 0.254 e. The molecular weight excluding hydrogens is 438 g/mol. The normalized spacial score (nSPS) is 22.4. The molecule has 0 spiro atoms. The topological polar surface area (TPSA) is 83.7 Å². The fourth-order valence-corrected chi connectivity index (χ4v) is 5.71. The van der Waals surface area contributed by atoms with Crippen molar-refractivity contribution in [2.24, 2.45) is 5.73 Å². The number of nitrogens with two attached hydrogens (primary N) is 1. The quantitative estimate of drug-likeness (QED) is 0.655. The summed E-state index contributed by atoms with van der Waals surface area (Å²) in [4.78, 5) is 13.4. The van der Waals surface area contributed by atoms with Gasteiger partial charge in [-0.1, -0.05) is 6.07 Å². The molecule has 0 aromatic heterocycles. The Balaban J connectivity index is 1.90. The number of alkyl halides is 2. The molecule has 0 bridgehead atoms. The highest BCUT2D eigenvalue weighted by atomic mass is 32.2. The van der Waals surface area contributed by atoms with Gasteiger partial charge in [-0.2, -0.15) is 4.31 Å². The van der Waals surface area contributed by atoms with Crippen LogP contribution in [0.4, 0.5) is 17.6 Å². The summed E-state index contributed by atoms with van der Waals surface area (Å²) >= 11 is 0. The van der Waals surface area contributed by atoms with E-state index in [-0.39, 0.29) is 56.5 Å². The summed E-state index contributed by atoms with van der Waals surface area (Å²) < 4.78 is 82.3. The van der Waals surface area contributed by atoms with Crippen molar-refractivity contribution in [3.05, 3.63) is 34.9 Å². The van der Waals surface area contributed by atoms with Gasteiger partial charge in [0.15, 0.2) is 0 Å². The van der Waals surface area contributed by atoms with E-state index in [4.69, 9.17) is 5.73 Å². The van der Waals surface area contributed by atoms with Gasteiger partial charge in [0.25, 0.3) is 5.91 Å². The highest BCUT2D eigenvalue weighted by Gasteiger charge is 2.48. The molecule has 2 fully saturated rings. The molecule has 1 amide bonds. The summed E-state index contributed by atoms with van der Waals surface area (Å²) in [6.07, 6.45) is -0.625. The molecule has 31 heavy (non-hydrogen) atoms. The lowest BCUT2D eigenvalue weighted by atomic mass is 9.74. The molecule has 1 heterocycles. The van der Waals surface area contributed by atoms with E-state index in [1.165, 1.54) is 10.4 Å². The Hall–Kier alpha value is -1.72. The van der Waals surface area contributed by atoms with Gasteiger partial charge in [-0.25, -0.2) is 26.0 Å². The number of nitrogens with zero attached hydrogens (tertiary/aromatic N) is 2. The SMILES string of the molecule is CCS(=O)(=O)N1CCN(C2(Cc3ccc(F)c(C(N)=O)c3F)CCC(F)(F)CC2)CC1. The Morgan fingerprint density at radius 2 is 1.65 bits per heavy atom. The average Bonchev–Trinajstić information content (AvgIpc) is 2.72. The largest absolute Gasteiger partial charge is 0.365 e. The van der Waals surface area contributed by atoms with Crippen molar-refractivity contribution >= 4 is 15.9 Å². The van der Waals surface area contributed by atoms with Gasteiger partial charge in [0.1, 0.15) is 17.2 Å². The number of rotatable bonds is 6. The van der Waals surface area contributed by atoms with Gasteiger partial charge in [0.2, 0.25) is 15.9 Å². The van der Waals surface area contributed by atoms with Crippen LogP contribution in [0.15, 0.2) is 12.1 Å². The van der Waals surface area contributed by atoms with E-state index in [1.807, 2.05) is 4.90 Å². The minimum absolute atomic E-state index is 0.00397. The molecule has 1 aromatic carbocycles. The summed E-state index contributed by atoms with van der Waals surface area (Å²) in [7, 11) is -3.37. The minimum atomic E-state index is -3.37. The van der Waals surface area contributed by atoms with Crippen LogP contribution >= 0.6 is 0 Å². The van der Waals surface area contributed by atoms with Crippen molar-refractivity contribution in [2.45, 2.75) is 50.5 Å². The Morgan fingerprint density at radius 3 is 2.16 bits per heavy atom. The monoisotopic (exact) mass is 465 g/mol. The van der Waals surface area contributed by atoms with Gasteiger partial charge in [-0.15, -0.1) is 0 Å². The van der Waals surface area contributed by atoms with Crippen LogP contribution in [0.5, 0.6) is 0 Å². The number of sulfonamides is 1. The Labute approximate surface area is 179 Å². The van der Waals surface area contributed by atoms with Gasteiger partial charge < -0.3 is 5.73 Å². The first-order valence-corrected chi connectivity index (χ1v) is 11.9. The molecule has 174 valence electrons. The van der Waals surface area contributed by atoms with Crippen LogP contribution in [-0.4, -0.2) is 66.9 Å². The molecule has 2 aliphatic rings. The smallest absolute Gasteiger partial charge is 0.254 e. The maximum absolute atomic E-state index is 14.9. The van der Waals surface area contributed by atoms with Gasteiger partial charge in [0, 0.05) is 44.6 Å². The number of hydrogen-bond donors (Lipinski definition) is 1. The summed E-state index contributed by atoms with van der Waals surface area (Å²) in [6.45, 7) is 2.62. The number of halogens is 4. The fourth-order valence-electron chi connectivity index (χ4n) is 4.62. The molecule has 11 heteroatoms. The van der Waals surface area contributed by atoms with Crippen molar-refractivity contribution in [1.29, 1.82) is 0 Å². The first-order chi connectivity index (χ1) is 14.4. The van der Waals surface area contributed by atoms with E-state index in [2.05, 4.69) is 0 Å². The lowest BCUT2D eigenvalue weighted by molar-refractivity contribution is -0.0870. The van der Waals surface area contributed by atoms with Crippen LogP contribution in [0.25, 0.3) is 0 Å².